The Morgan fingerprint density at radius 1 is 1.50 bits per heavy atom. The van der Waals surface area contributed by atoms with Gasteiger partial charge < -0.3 is 14.8 Å². The second kappa shape index (κ2) is 5.17. The molecular formula is C12H16BrNO2. The number of morpholine rings is 1. The van der Waals surface area contributed by atoms with Gasteiger partial charge in [0, 0.05) is 22.6 Å². The molecule has 1 aliphatic rings. The predicted molar refractivity (Wildman–Crippen MR) is 66.9 cm³/mol. The molecule has 1 N–H and O–H groups in total. The van der Waals surface area contributed by atoms with Crippen molar-refractivity contribution >= 4 is 15.9 Å². The van der Waals surface area contributed by atoms with Crippen LogP contribution in [0, 0.1) is 0 Å². The molecule has 0 bridgehead atoms. The Morgan fingerprint density at radius 3 is 3.00 bits per heavy atom. The molecule has 4 heteroatoms. The van der Waals surface area contributed by atoms with E-state index in [1.165, 1.54) is 0 Å². The number of halogens is 1. The Balaban J connectivity index is 2.33. The molecule has 16 heavy (non-hydrogen) atoms. The van der Waals surface area contributed by atoms with Gasteiger partial charge in [0.25, 0.3) is 0 Å². The minimum absolute atomic E-state index is 0.0567. The normalized spacial score (nSPS) is 25.4. The monoisotopic (exact) mass is 285 g/mol. The van der Waals surface area contributed by atoms with E-state index in [4.69, 9.17) is 9.47 Å². The molecule has 2 rings (SSSR count). The minimum atomic E-state index is 0.0567. The van der Waals surface area contributed by atoms with Crippen LogP contribution in [-0.2, 0) is 4.74 Å². The zero-order chi connectivity index (χ0) is 11.5. The van der Waals surface area contributed by atoms with Crippen LogP contribution < -0.4 is 10.1 Å². The van der Waals surface area contributed by atoms with Crippen LogP contribution in [-0.4, -0.2) is 26.3 Å². The molecule has 88 valence electrons. The van der Waals surface area contributed by atoms with Gasteiger partial charge >= 0.3 is 0 Å². The van der Waals surface area contributed by atoms with Gasteiger partial charge in [-0.3, -0.25) is 0 Å². The van der Waals surface area contributed by atoms with Gasteiger partial charge in [0.15, 0.2) is 0 Å². The van der Waals surface area contributed by atoms with Crippen molar-refractivity contribution in [3.63, 3.8) is 0 Å². The Labute approximate surface area is 104 Å². The van der Waals surface area contributed by atoms with Crippen molar-refractivity contribution in [1.82, 2.24) is 5.32 Å². The third kappa shape index (κ3) is 2.39. The van der Waals surface area contributed by atoms with Gasteiger partial charge in [-0.2, -0.15) is 0 Å². The molecule has 0 spiro atoms. The highest BCUT2D eigenvalue weighted by Gasteiger charge is 2.26. The Hall–Kier alpha value is -0.580. The summed E-state index contributed by atoms with van der Waals surface area (Å²) in [6.45, 7) is 3.78. The maximum atomic E-state index is 5.81. The first-order valence-corrected chi connectivity index (χ1v) is 6.20. The van der Waals surface area contributed by atoms with Crippen molar-refractivity contribution in [1.29, 1.82) is 0 Å². The SMILES string of the molecule is COc1ccc(Br)cc1C1OCCNC1C. The molecule has 1 heterocycles. The molecule has 0 radical (unpaired) electrons. The highest BCUT2D eigenvalue weighted by Crippen LogP contribution is 2.33. The van der Waals surface area contributed by atoms with Crippen molar-refractivity contribution < 1.29 is 9.47 Å². The minimum Gasteiger partial charge on any atom is -0.496 e. The molecule has 1 saturated heterocycles. The molecule has 1 aliphatic heterocycles. The number of rotatable bonds is 2. The fraction of sp³-hybridized carbons (Fsp3) is 0.500. The lowest BCUT2D eigenvalue weighted by Crippen LogP contribution is -2.41. The molecule has 3 nitrogen and oxygen atoms in total. The summed E-state index contributed by atoms with van der Waals surface area (Å²) >= 11 is 3.48. The largest absolute Gasteiger partial charge is 0.496 e. The predicted octanol–water partition coefficient (Wildman–Crippen LogP) is 2.51. The van der Waals surface area contributed by atoms with Crippen molar-refractivity contribution in [2.45, 2.75) is 19.1 Å². The van der Waals surface area contributed by atoms with E-state index in [0.717, 1.165) is 28.9 Å². The van der Waals surface area contributed by atoms with Crippen LogP contribution in [0.15, 0.2) is 22.7 Å². The average molecular weight is 286 g/mol. The topological polar surface area (TPSA) is 30.5 Å². The van der Waals surface area contributed by atoms with Crippen LogP contribution in [0.4, 0.5) is 0 Å². The summed E-state index contributed by atoms with van der Waals surface area (Å²) in [5, 5.41) is 3.41. The molecule has 0 aromatic heterocycles. The first-order valence-electron chi connectivity index (χ1n) is 5.41. The summed E-state index contributed by atoms with van der Waals surface area (Å²) in [6, 6.07) is 6.30. The van der Waals surface area contributed by atoms with Crippen LogP contribution in [0.2, 0.25) is 0 Å². The molecule has 1 aromatic rings. The van der Waals surface area contributed by atoms with E-state index >= 15 is 0 Å². The summed E-state index contributed by atoms with van der Waals surface area (Å²) in [4.78, 5) is 0. The van der Waals surface area contributed by atoms with E-state index in [0.29, 0.717) is 6.04 Å². The number of nitrogens with one attached hydrogen (secondary N) is 1. The van der Waals surface area contributed by atoms with Gasteiger partial charge in [-0.1, -0.05) is 15.9 Å². The highest BCUT2D eigenvalue weighted by atomic mass is 79.9. The lowest BCUT2D eigenvalue weighted by Gasteiger charge is -2.31. The zero-order valence-electron chi connectivity index (χ0n) is 9.50. The molecule has 2 unspecified atom stereocenters. The first-order chi connectivity index (χ1) is 7.72. The maximum absolute atomic E-state index is 5.81. The van der Waals surface area contributed by atoms with Gasteiger partial charge in [-0.05, 0) is 25.1 Å². The third-order valence-corrected chi connectivity index (χ3v) is 3.31. The molecule has 1 fully saturated rings. The van der Waals surface area contributed by atoms with Gasteiger partial charge in [0.2, 0.25) is 0 Å². The van der Waals surface area contributed by atoms with Crippen molar-refractivity contribution in [2.24, 2.45) is 0 Å². The number of hydrogen-bond acceptors (Lipinski definition) is 3. The van der Waals surface area contributed by atoms with E-state index in [9.17, 15) is 0 Å². The third-order valence-electron chi connectivity index (χ3n) is 2.82. The Bertz CT molecular complexity index is 370. The molecule has 0 saturated carbocycles. The zero-order valence-corrected chi connectivity index (χ0v) is 11.1. The van der Waals surface area contributed by atoms with E-state index in [-0.39, 0.29) is 6.10 Å². The number of benzene rings is 1. The molecule has 0 amide bonds. The molecular weight excluding hydrogens is 270 g/mol. The van der Waals surface area contributed by atoms with E-state index < -0.39 is 0 Å². The van der Waals surface area contributed by atoms with Crippen LogP contribution in [0.25, 0.3) is 0 Å². The lowest BCUT2D eigenvalue weighted by molar-refractivity contribution is -0.00153. The van der Waals surface area contributed by atoms with Gasteiger partial charge in [0.05, 0.1) is 13.7 Å². The highest BCUT2D eigenvalue weighted by molar-refractivity contribution is 9.10. The fourth-order valence-electron chi connectivity index (χ4n) is 2.01. The second-order valence-electron chi connectivity index (χ2n) is 3.92. The number of hydrogen-bond donors (Lipinski definition) is 1. The quantitative estimate of drug-likeness (QED) is 0.906. The van der Waals surface area contributed by atoms with Crippen LogP contribution >= 0.6 is 15.9 Å². The standard InChI is InChI=1S/C12H16BrNO2/c1-8-12(16-6-5-14-8)10-7-9(13)3-4-11(10)15-2/h3-4,7-8,12,14H,5-6H2,1-2H3. The van der Waals surface area contributed by atoms with Crippen LogP contribution in [0.3, 0.4) is 0 Å². The maximum Gasteiger partial charge on any atom is 0.124 e. The Kier molecular flexibility index (Phi) is 3.84. The van der Waals surface area contributed by atoms with Crippen LogP contribution in [0.5, 0.6) is 5.75 Å². The van der Waals surface area contributed by atoms with Crippen molar-refractivity contribution in [3.05, 3.63) is 28.2 Å². The van der Waals surface area contributed by atoms with Crippen molar-refractivity contribution in [2.75, 3.05) is 20.3 Å². The second-order valence-corrected chi connectivity index (χ2v) is 4.84. The smallest absolute Gasteiger partial charge is 0.124 e. The molecule has 0 aliphatic carbocycles. The van der Waals surface area contributed by atoms with Gasteiger partial charge in [-0.25, -0.2) is 0 Å². The summed E-state index contributed by atoms with van der Waals surface area (Å²) in [5.74, 6) is 0.878. The van der Waals surface area contributed by atoms with E-state index in [1.54, 1.807) is 7.11 Å². The number of ether oxygens (including phenoxy) is 2. The number of methoxy groups -OCH3 is 1. The van der Waals surface area contributed by atoms with Gasteiger partial charge in [0.1, 0.15) is 11.9 Å². The van der Waals surface area contributed by atoms with Gasteiger partial charge in [-0.15, -0.1) is 0 Å². The summed E-state index contributed by atoms with van der Waals surface area (Å²) in [7, 11) is 1.69. The fourth-order valence-corrected chi connectivity index (χ4v) is 2.39. The first kappa shape index (κ1) is 11.9. The average Bonchev–Trinajstić information content (AvgIpc) is 2.29. The molecule has 2 atom stereocenters. The van der Waals surface area contributed by atoms with E-state index in [2.05, 4.69) is 34.2 Å². The van der Waals surface area contributed by atoms with Crippen LogP contribution in [0.1, 0.15) is 18.6 Å². The summed E-state index contributed by atoms with van der Waals surface area (Å²) in [6.07, 6.45) is 0.0567. The van der Waals surface area contributed by atoms with E-state index in [1.807, 2.05) is 12.1 Å². The lowest BCUT2D eigenvalue weighted by atomic mass is 10.0. The van der Waals surface area contributed by atoms with Crippen molar-refractivity contribution in [3.8, 4) is 5.75 Å². The molecule has 1 aromatic carbocycles. The Morgan fingerprint density at radius 2 is 2.31 bits per heavy atom. The summed E-state index contributed by atoms with van der Waals surface area (Å²) in [5.41, 5.74) is 1.09. The summed E-state index contributed by atoms with van der Waals surface area (Å²) < 4.78 is 12.2.